The van der Waals surface area contributed by atoms with Crippen molar-refractivity contribution in [3.8, 4) is 11.1 Å². The van der Waals surface area contributed by atoms with E-state index >= 15 is 0 Å². The summed E-state index contributed by atoms with van der Waals surface area (Å²) in [6.45, 7) is 2.68. The standard InChI is InChI=1S/C19H17N5/c1-14-10-18(21-12-15-6-5-9-20-11-15)24-19(23-14)17(13-22-24)16-7-3-2-4-8-16/h2-11,13,21H,12H2,1H3. The Kier molecular flexibility index (Phi) is 3.67. The summed E-state index contributed by atoms with van der Waals surface area (Å²) in [5.41, 5.74) is 5.08. The molecule has 24 heavy (non-hydrogen) atoms. The smallest absolute Gasteiger partial charge is 0.165 e. The van der Waals surface area contributed by atoms with E-state index in [-0.39, 0.29) is 0 Å². The fourth-order valence-electron chi connectivity index (χ4n) is 2.73. The molecule has 1 N–H and O–H groups in total. The number of nitrogens with one attached hydrogen (secondary N) is 1. The van der Waals surface area contributed by atoms with Gasteiger partial charge < -0.3 is 5.32 Å². The van der Waals surface area contributed by atoms with Gasteiger partial charge in [-0.2, -0.15) is 9.61 Å². The molecule has 1 aromatic carbocycles. The molecule has 0 amide bonds. The van der Waals surface area contributed by atoms with Crippen LogP contribution in [0.5, 0.6) is 0 Å². The van der Waals surface area contributed by atoms with Gasteiger partial charge in [-0.15, -0.1) is 0 Å². The van der Waals surface area contributed by atoms with Gasteiger partial charge in [0.2, 0.25) is 0 Å². The van der Waals surface area contributed by atoms with Crippen LogP contribution in [0.2, 0.25) is 0 Å². The van der Waals surface area contributed by atoms with Crippen LogP contribution >= 0.6 is 0 Å². The highest BCUT2D eigenvalue weighted by Gasteiger charge is 2.11. The summed E-state index contributed by atoms with van der Waals surface area (Å²) < 4.78 is 1.85. The normalized spacial score (nSPS) is 10.9. The summed E-state index contributed by atoms with van der Waals surface area (Å²) in [6, 6.07) is 16.2. The Hall–Kier alpha value is -3.21. The van der Waals surface area contributed by atoms with E-state index in [1.807, 2.05) is 60.2 Å². The highest BCUT2D eigenvalue weighted by atomic mass is 15.3. The van der Waals surface area contributed by atoms with Crippen molar-refractivity contribution in [2.45, 2.75) is 13.5 Å². The number of fused-ring (bicyclic) bond motifs is 1. The van der Waals surface area contributed by atoms with E-state index in [2.05, 4.69) is 32.5 Å². The van der Waals surface area contributed by atoms with Crippen molar-refractivity contribution in [3.05, 3.63) is 78.4 Å². The van der Waals surface area contributed by atoms with Gasteiger partial charge in [-0.05, 0) is 24.1 Å². The van der Waals surface area contributed by atoms with Gasteiger partial charge in [-0.25, -0.2) is 4.98 Å². The summed E-state index contributed by atoms with van der Waals surface area (Å²) >= 11 is 0. The molecule has 3 aromatic heterocycles. The number of anilines is 1. The monoisotopic (exact) mass is 315 g/mol. The Balaban J connectivity index is 1.73. The Morgan fingerprint density at radius 1 is 1.04 bits per heavy atom. The van der Waals surface area contributed by atoms with Crippen LogP contribution in [0, 0.1) is 6.92 Å². The molecule has 0 spiro atoms. The van der Waals surface area contributed by atoms with Crippen LogP contribution in [0.25, 0.3) is 16.8 Å². The van der Waals surface area contributed by atoms with Crippen LogP contribution in [-0.2, 0) is 6.54 Å². The zero-order valence-electron chi connectivity index (χ0n) is 13.3. The number of pyridine rings is 1. The van der Waals surface area contributed by atoms with Gasteiger partial charge in [0.25, 0.3) is 0 Å². The molecule has 5 nitrogen and oxygen atoms in total. The minimum atomic E-state index is 0.687. The van der Waals surface area contributed by atoms with Crippen LogP contribution in [0.3, 0.4) is 0 Å². The molecule has 0 saturated carbocycles. The summed E-state index contributed by atoms with van der Waals surface area (Å²) in [4.78, 5) is 8.82. The van der Waals surface area contributed by atoms with Crippen molar-refractivity contribution in [1.82, 2.24) is 19.6 Å². The van der Waals surface area contributed by atoms with Crippen LogP contribution in [0.15, 0.2) is 67.1 Å². The van der Waals surface area contributed by atoms with Gasteiger partial charge in [-0.3, -0.25) is 4.98 Å². The molecular weight excluding hydrogens is 298 g/mol. The first-order valence-electron chi connectivity index (χ1n) is 7.85. The maximum Gasteiger partial charge on any atom is 0.165 e. The minimum absolute atomic E-state index is 0.687. The van der Waals surface area contributed by atoms with E-state index in [4.69, 9.17) is 0 Å². The van der Waals surface area contributed by atoms with Crippen LogP contribution < -0.4 is 5.32 Å². The molecule has 0 aliphatic carbocycles. The number of rotatable bonds is 4. The van der Waals surface area contributed by atoms with Crippen molar-refractivity contribution in [2.24, 2.45) is 0 Å². The molecule has 5 heteroatoms. The second-order valence-corrected chi connectivity index (χ2v) is 5.66. The third-order valence-electron chi connectivity index (χ3n) is 3.88. The second kappa shape index (κ2) is 6.12. The summed E-state index contributed by atoms with van der Waals surface area (Å²) in [5.74, 6) is 0.920. The molecule has 4 rings (SSSR count). The van der Waals surface area contributed by atoms with Gasteiger partial charge in [0.15, 0.2) is 5.65 Å². The lowest BCUT2D eigenvalue weighted by molar-refractivity contribution is 0.916. The zero-order valence-corrected chi connectivity index (χ0v) is 13.3. The molecular formula is C19H17N5. The number of hydrogen-bond acceptors (Lipinski definition) is 4. The first-order valence-corrected chi connectivity index (χ1v) is 7.85. The van der Waals surface area contributed by atoms with Crippen molar-refractivity contribution >= 4 is 11.5 Å². The average Bonchev–Trinajstić information content (AvgIpc) is 3.05. The number of hydrogen-bond donors (Lipinski definition) is 1. The minimum Gasteiger partial charge on any atom is -0.366 e. The molecule has 0 atom stereocenters. The Bertz CT molecular complexity index is 961. The first kappa shape index (κ1) is 14.4. The molecule has 0 bridgehead atoms. The number of nitrogens with zero attached hydrogens (tertiary/aromatic N) is 4. The SMILES string of the molecule is Cc1cc(NCc2cccnc2)n2ncc(-c3ccccc3)c2n1. The number of benzene rings is 1. The van der Waals surface area contributed by atoms with Crippen LogP contribution in [0.4, 0.5) is 5.82 Å². The van der Waals surface area contributed by atoms with E-state index in [0.717, 1.165) is 33.8 Å². The number of aromatic nitrogens is 4. The predicted molar refractivity (Wildman–Crippen MR) is 94.7 cm³/mol. The van der Waals surface area contributed by atoms with Gasteiger partial charge in [0.1, 0.15) is 5.82 Å². The van der Waals surface area contributed by atoms with E-state index < -0.39 is 0 Å². The summed E-state index contributed by atoms with van der Waals surface area (Å²) in [6.07, 6.45) is 5.50. The highest BCUT2D eigenvalue weighted by molar-refractivity contribution is 5.78. The fourth-order valence-corrected chi connectivity index (χ4v) is 2.73. The van der Waals surface area contributed by atoms with Crippen molar-refractivity contribution in [1.29, 1.82) is 0 Å². The zero-order chi connectivity index (χ0) is 16.4. The maximum absolute atomic E-state index is 4.68. The van der Waals surface area contributed by atoms with E-state index in [1.54, 1.807) is 6.20 Å². The van der Waals surface area contributed by atoms with Gasteiger partial charge in [-0.1, -0.05) is 36.4 Å². The Morgan fingerprint density at radius 2 is 1.92 bits per heavy atom. The molecule has 0 aliphatic heterocycles. The number of aryl methyl sites for hydroxylation is 1. The molecule has 0 fully saturated rings. The van der Waals surface area contributed by atoms with Gasteiger partial charge in [0, 0.05) is 36.3 Å². The van der Waals surface area contributed by atoms with Crippen LogP contribution in [0.1, 0.15) is 11.3 Å². The molecule has 4 aromatic rings. The Morgan fingerprint density at radius 3 is 2.71 bits per heavy atom. The van der Waals surface area contributed by atoms with Gasteiger partial charge in [0.05, 0.1) is 6.20 Å². The quantitative estimate of drug-likeness (QED) is 0.624. The van der Waals surface area contributed by atoms with E-state index in [0.29, 0.717) is 6.54 Å². The molecule has 0 aliphatic rings. The molecule has 3 heterocycles. The summed E-state index contributed by atoms with van der Waals surface area (Å²) in [5, 5.41) is 7.95. The molecule has 0 saturated heterocycles. The van der Waals surface area contributed by atoms with Crippen molar-refractivity contribution < 1.29 is 0 Å². The predicted octanol–water partition coefficient (Wildman–Crippen LogP) is 3.71. The lowest BCUT2D eigenvalue weighted by atomic mass is 10.1. The molecule has 0 unspecified atom stereocenters. The maximum atomic E-state index is 4.68. The highest BCUT2D eigenvalue weighted by Crippen LogP contribution is 2.25. The fraction of sp³-hybridized carbons (Fsp3) is 0.105. The van der Waals surface area contributed by atoms with Gasteiger partial charge >= 0.3 is 0 Å². The first-order chi connectivity index (χ1) is 11.8. The summed E-state index contributed by atoms with van der Waals surface area (Å²) in [7, 11) is 0. The second-order valence-electron chi connectivity index (χ2n) is 5.66. The lowest BCUT2D eigenvalue weighted by Gasteiger charge is -2.09. The third kappa shape index (κ3) is 2.72. The van der Waals surface area contributed by atoms with Crippen molar-refractivity contribution in [2.75, 3.05) is 5.32 Å². The largest absolute Gasteiger partial charge is 0.366 e. The van der Waals surface area contributed by atoms with E-state index in [9.17, 15) is 0 Å². The Labute approximate surface area is 140 Å². The average molecular weight is 315 g/mol. The van der Waals surface area contributed by atoms with Crippen molar-refractivity contribution in [3.63, 3.8) is 0 Å². The topological polar surface area (TPSA) is 55.1 Å². The third-order valence-corrected chi connectivity index (χ3v) is 3.88. The molecule has 118 valence electrons. The lowest BCUT2D eigenvalue weighted by Crippen LogP contribution is -2.07. The van der Waals surface area contributed by atoms with E-state index in [1.165, 1.54) is 0 Å². The van der Waals surface area contributed by atoms with Crippen LogP contribution in [-0.4, -0.2) is 19.6 Å². The molecule has 0 radical (unpaired) electrons.